The first-order valence-electron chi connectivity index (χ1n) is 6.19. The molecule has 0 aliphatic heterocycles. The number of nitrogens with zero attached hydrogens (tertiary/aromatic N) is 3. The lowest BCUT2D eigenvalue weighted by atomic mass is 10.2. The molecule has 8 nitrogen and oxygen atoms in total. The van der Waals surface area contributed by atoms with E-state index in [0.717, 1.165) is 5.56 Å². The van der Waals surface area contributed by atoms with Crippen molar-refractivity contribution < 1.29 is 19.4 Å². The molecule has 0 saturated carbocycles. The molecule has 8 heteroatoms. The van der Waals surface area contributed by atoms with E-state index >= 15 is 0 Å². The Morgan fingerprint density at radius 1 is 1.33 bits per heavy atom. The van der Waals surface area contributed by atoms with Crippen LogP contribution in [-0.4, -0.2) is 38.2 Å². The second-order valence-corrected chi connectivity index (χ2v) is 4.22. The van der Waals surface area contributed by atoms with Gasteiger partial charge in [0.2, 0.25) is 0 Å². The van der Waals surface area contributed by atoms with Crippen LogP contribution in [0.3, 0.4) is 0 Å². The minimum absolute atomic E-state index is 0.0320. The van der Waals surface area contributed by atoms with Crippen LogP contribution in [0.2, 0.25) is 0 Å². The van der Waals surface area contributed by atoms with Crippen LogP contribution in [0.25, 0.3) is 0 Å². The van der Waals surface area contributed by atoms with Gasteiger partial charge in [-0.2, -0.15) is 0 Å². The van der Waals surface area contributed by atoms with E-state index in [1.54, 1.807) is 12.1 Å². The summed E-state index contributed by atoms with van der Waals surface area (Å²) in [4.78, 5) is 22.7. The number of aromatic nitrogens is 3. The van der Waals surface area contributed by atoms with Crippen LogP contribution in [-0.2, 0) is 22.7 Å². The third-order valence-electron chi connectivity index (χ3n) is 2.64. The van der Waals surface area contributed by atoms with Crippen LogP contribution in [0.5, 0.6) is 0 Å². The van der Waals surface area contributed by atoms with E-state index < -0.39 is 18.1 Å². The molecule has 0 bridgehead atoms. The molecule has 2 aromatic rings. The fourth-order valence-corrected chi connectivity index (χ4v) is 1.61. The third-order valence-corrected chi connectivity index (χ3v) is 2.64. The Kier molecular flexibility index (Phi) is 4.86. The van der Waals surface area contributed by atoms with Crippen molar-refractivity contribution in [3.63, 3.8) is 0 Å². The van der Waals surface area contributed by atoms with E-state index in [2.05, 4.69) is 15.6 Å². The summed E-state index contributed by atoms with van der Waals surface area (Å²) in [6.07, 6.45) is 2.13. The number of aliphatic carboxylic acids is 1. The summed E-state index contributed by atoms with van der Waals surface area (Å²) in [5.41, 5.74) is 0.816. The lowest BCUT2D eigenvalue weighted by molar-refractivity contribution is -0.139. The molecule has 1 aromatic carbocycles. The van der Waals surface area contributed by atoms with Crippen LogP contribution in [0.1, 0.15) is 5.56 Å². The number of alkyl carbamates (subject to hydrolysis) is 1. The average Bonchev–Trinajstić information content (AvgIpc) is 2.98. The van der Waals surface area contributed by atoms with Gasteiger partial charge in [-0.15, -0.1) is 5.10 Å². The Morgan fingerprint density at radius 3 is 2.71 bits per heavy atom. The zero-order chi connectivity index (χ0) is 15.1. The first-order valence-corrected chi connectivity index (χ1v) is 6.19. The van der Waals surface area contributed by atoms with Crippen molar-refractivity contribution in [3.8, 4) is 0 Å². The predicted molar refractivity (Wildman–Crippen MR) is 71.2 cm³/mol. The molecule has 0 aliphatic rings. The molecule has 1 unspecified atom stereocenters. The van der Waals surface area contributed by atoms with E-state index in [1.165, 1.54) is 17.1 Å². The van der Waals surface area contributed by atoms with E-state index in [9.17, 15) is 9.59 Å². The zero-order valence-electron chi connectivity index (χ0n) is 11.0. The standard InChI is InChI=1S/C13H14N4O4/c18-12(19)11(8-17-7-6-14-16-17)15-13(20)21-9-10-4-2-1-3-5-10/h1-7,11H,8-9H2,(H,15,20)(H,18,19). The SMILES string of the molecule is O=C(NC(Cn1ccnn1)C(=O)O)OCc1ccccc1. The van der Waals surface area contributed by atoms with Crippen LogP contribution >= 0.6 is 0 Å². The van der Waals surface area contributed by atoms with E-state index in [1.807, 2.05) is 18.2 Å². The number of benzene rings is 1. The topological polar surface area (TPSA) is 106 Å². The van der Waals surface area contributed by atoms with Crippen LogP contribution in [0.15, 0.2) is 42.7 Å². The summed E-state index contributed by atoms with van der Waals surface area (Å²) < 4.78 is 6.28. The Morgan fingerprint density at radius 2 is 2.10 bits per heavy atom. The number of hydrogen-bond acceptors (Lipinski definition) is 5. The Bertz CT molecular complexity index is 585. The average molecular weight is 290 g/mol. The summed E-state index contributed by atoms with van der Waals surface area (Å²) in [5.74, 6) is -1.18. The maximum Gasteiger partial charge on any atom is 0.408 e. The highest BCUT2D eigenvalue weighted by Crippen LogP contribution is 2.01. The number of rotatable bonds is 6. The largest absolute Gasteiger partial charge is 0.480 e. The molecule has 21 heavy (non-hydrogen) atoms. The molecule has 0 saturated heterocycles. The first-order chi connectivity index (χ1) is 10.1. The van der Waals surface area contributed by atoms with Gasteiger partial charge >= 0.3 is 12.1 Å². The Balaban J connectivity index is 1.85. The summed E-state index contributed by atoms with van der Waals surface area (Å²) in [6, 6.07) is 7.95. The van der Waals surface area contributed by atoms with Gasteiger partial charge in [-0.3, -0.25) is 0 Å². The van der Waals surface area contributed by atoms with E-state index in [4.69, 9.17) is 9.84 Å². The zero-order valence-corrected chi connectivity index (χ0v) is 11.0. The van der Waals surface area contributed by atoms with Gasteiger partial charge in [-0.05, 0) is 5.56 Å². The first kappa shape index (κ1) is 14.5. The molecule has 0 radical (unpaired) electrons. The lowest BCUT2D eigenvalue weighted by Crippen LogP contribution is -2.44. The summed E-state index contributed by atoms with van der Waals surface area (Å²) in [7, 11) is 0. The lowest BCUT2D eigenvalue weighted by Gasteiger charge is -2.14. The maximum atomic E-state index is 11.6. The molecule has 2 N–H and O–H groups in total. The molecule has 1 atom stereocenters. The van der Waals surface area contributed by atoms with Crippen LogP contribution in [0.4, 0.5) is 4.79 Å². The number of carbonyl (C=O) groups is 2. The summed E-state index contributed by atoms with van der Waals surface area (Å²) >= 11 is 0. The Hall–Kier alpha value is -2.90. The number of ether oxygens (including phenoxy) is 1. The monoisotopic (exact) mass is 290 g/mol. The molecule has 0 aliphatic carbocycles. The smallest absolute Gasteiger partial charge is 0.408 e. The van der Waals surface area contributed by atoms with Gasteiger partial charge in [0.15, 0.2) is 0 Å². The van der Waals surface area contributed by atoms with Crippen LogP contribution < -0.4 is 5.32 Å². The van der Waals surface area contributed by atoms with E-state index in [0.29, 0.717) is 0 Å². The van der Waals surface area contributed by atoms with Gasteiger partial charge in [0, 0.05) is 6.20 Å². The van der Waals surface area contributed by atoms with Gasteiger partial charge in [-0.25, -0.2) is 14.3 Å². The number of hydrogen-bond donors (Lipinski definition) is 2. The van der Waals surface area contributed by atoms with Crippen molar-refractivity contribution in [3.05, 3.63) is 48.3 Å². The second kappa shape index (κ2) is 7.04. The number of carboxylic acids is 1. The molecule has 1 aromatic heterocycles. The fourth-order valence-electron chi connectivity index (χ4n) is 1.61. The number of amides is 1. The minimum atomic E-state index is -1.18. The molecule has 0 spiro atoms. The van der Waals surface area contributed by atoms with Crippen molar-refractivity contribution in [1.82, 2.24) is 20.3 Å². The number of carboxylic acid groups (broad SMARTS) is 1. The quantitative estimate of drug-likeness (QED) is 0.809. The van der Waals surface area contributed by atoms with Crippen LogP contribution in [0, 0.1) is 0 Å². The van der Waals surface area contributed by atoms with Gasteiger partial charge in [0.25, 0.3) is 0 Å². The van der Waals surface area contributed by atoms with Crippen molar-refractivity contribution in [1.29, 1.82) is 0 Å². The van der Waals surface area contributed by atoms with Crippen molar-refractivity contribution >= 4 is 12.1 Å². The van der Waals surface area contributed by atoms with Crippen molar-refractivity contribution in [2.45, 2.75) is 19.2 Å². The highest BCUT2D eigenvalue weighted by atomic mass is 16.5. The van der Waals surface area contributed by atoms with E-state index in [-0.39, 0.29) is 13.2 Å². The predicted octanol–water partition coefficient (Wildman–Crippen LogP) is 0.658. The molecule has 110 valence electrons. The fraction of sp³-hybridized carbons (Fsp3) is 0.231. The summed E-state index contributed by atoms with van der Waals surface area (Å²) in [5, 5.41) is 18.6. The highest BCUT2D eigenvalue weighted by Gasteiger charge is 2.21. The third kappa shape index (κ3) is 4.60. The van der Waals surface area contributed by atoms with Crippen molar-refractivity contribution in [2.75, 3.05) is 0 Å². The molecule has 0 fully saturated rings. The van der Waals surface area contributed by atoms with Gasteiger partial charge in [0.1, 0.15) is 12.6 Å². The highest BCUT2D eigenvalue weighted by molar-refractivity contribution is 5.79. The Labute approximate surface area is 120 Å². The summed E-state index contributed by atoms with van der Waals surface area (Å²) in [6.45, 7) is 0.0398. The molecule has 2 rings (SSSR count). The maximum absolute atomic E-state index is 11.6. The molecule has 1 heterocycles. The van der Waals surface area contributed by atoms with Gasteiger partial charge < -0.3 is 15.2 Å². The molecular weight excluding hydrogens is 276 g/mol. The second-order valence-electron chi connectivity index (χ2n) is 4.22. The number of nitrogens with one attached hydrogen (secondary N) is 1. The number of carbonyl (C=O) groups excluding carboxylic acids is 1. The molecular formula is C13H14N4O4. The minimum Gasteiger partial charge on any atom is -0.480 e. The van der Waals surface area contributed by atoms with Gasteiger partial charge in [0.05, 0.1) is 12.7 Å². The van der Waals surface area contributed by atoms with Crippen molar-refractivity contribution in [2.24, 2.45) is 0 Å². The normalized spacial score (nSPS) is 11.6. The van der Waals surface area contributed by atoms with Gasteiger partial charge in [-0.1, -0.05) is 35.5 Å². The molecule has 1 amide bonds.